The Kier molecular flexibility index (Phi) is 5.28. The molecule has 0 aliphatic rings. The Balaban J connectivity index is 2.62. The third-order valence-electron chi connectivity index (χ3n) is 2.70. The third kappa shape index (κ3) is 3.67. The van der Waals surface area contributed by atoms with Gasteiger partial charge >= 0.3 is 12.0 Å². The Morgan fingerprint density at radius 3 is 2.74 bits per heavy atom. The summed E-state index contributed by atoms with van der Waals surface area (Å²) in [5.41, 5.74) is 0.479. The van der Waals surface area contributed by atoms with Gasteiger partial charge in [-0.05, 0) is 18.3 Å². The molecular weight excluding hydrogens is 252 g/mol. The predicted molar refractivity (Wildman–Crippen MR) is 67.6 cm³/mol. The van der Waals surface area contributed by atoms with Gasteiger partial charge in [-0.25, -0.2) is 9.36 Å². The number of carbonyl (C=O) groups excluding carboxylic acids is 1. The Morgan fingerprint density at radius 2 is 2.26 bits per heavy atom. The summed E-state index contributed by atoms with van der Waals surface area (Å²) in [6.07, 6.45) is 1.76. The van der Waals surface area contributed by atoms with Crippen LogP contribution in [0.15, 0.2) is 6.20 Å². The van der Waals surface area contributed by atoms with E-state index in [0.29, 0.717) is 18.8 Å². The molecule has 0 saturated carbocycles. The minimum absolute atomic E-state index is 0.0314. The van der Waals surface area contributed by atoms with E-state index in [1.165, 1.54) is 17.8 Å². The average molecular weight is 270 g/mol. The highest BCUT2D eigenvalue weighted by Crippen LogP contribution is 2.12. The topological polar surface area (TPSA) is 90.5 Å². The quantitative estimate of drug-likeness (QED) is 0.579. The van der Waals surface area contributed by atoms with Gasteiger partial charge in [0.05, 0.1) is 7.05 Å². The van der Waals surface area contributed by atoms with Gasteiger partial charge in [0, 0.05) is 13.1 Å². The van der Waals surface area contributed by atoms with Gasteiger partial charge in [0.25, 0.3) is 0 Å². The van der Waals surface area contributed by atoms with E-state index in [-0.39, 0.29) is 12.6 Å². The Labute approximate surface area is 111 Å². The number of nitro groups is 1. The van der Waals surface area contributed by atoms with Crippen molar-refractivity contribution < 1.29 is 14.5 Å². The van der Waals surface area contributed by atoms with Gasteiger partial charge in [-0.15, -0.1) is 0 Å². The first-order valence-electron chi connectivity index (χ1n) is 6.07. The largest absolute Gasteiger partial charge is 0.441 e. The van der Waals surface area contributed by atoms with Crippen LogP contribution in [0.2, 0.25) is 0 Å². The predicted octanol–water partition coefficient (Wildman–Crippen LogP) is 1.70. The van der Waals surface area contributed by atoms with E-state index in [1.807, 2.05) is 13.8 Å². The number of ether oxygens (including phenoxy) is 1. The molecular formula is C11H18N4O4. The van der Waals surface area contributed by atoms with Gasteiger partial charge in [0.2, 0.25) is 0 Å². The van der Waals surface area contributed by atoms with Crippen LogP contribution in [-0.4, -0.2) is 38.6 Å². The molecule has 0 aromatic carbocycles. The lowest BCUT2D eigenvalue weighted by atomic mass is 10.4. The van der Waals surface area contributed by atoms with E-state index in [2.05, 4.69) is 4.98 Å². The first kappa shape index (κ1) is 14.9. The summed E-state index contributed by atoms with van der Waals surface area (Å²) in [7, 11) is 1.51. The second-order valence-electron chi connectivity index (χ2n) is 4.00. The standard InChI is InChI=1S/C11H18N4O4/c1-4-6-14(5-2)11(16)19-8-9-7-12-10(13(9)3)15(17)18/h7H,4-6,8H2,1-3H3. The molecule has 8 nitrogen and oxygen atoms in total. The first-order valence-corrected chi connectivity index (χ1v) is 6.07. The third-order valence-corrected chi connectivity index (χ3v) is 2.70. The molecule has 1 rings (SSSR count). The number of hydrogen-bond acceptors (Lipinski definition) is 5. The van der Waals surface area contributed by atoms with E-state index in [1.54, 1.807) is 4.90 Å². The van der Waals surface area contributed by atoms with Gasteiger partial charge in [-0.1, -0.05) is 11.9 Å². The summed E-state index contributed by atoms with van der Waals surface area (Å²) >= 11 is 0. The van der Waals surface area contributed by atoms with Crippen molar-refractivity contribution in [2.45, 2.75) is 26.9 Å². The summed E-state index contributed by atoms with van der Waals surface area (Å²) in [6.45, 7) is 5.00. The van der Waals surface area contributed by atoms with Crippen molar-refractivity contribution in [2.75, 3.05) is 13.1 Å². The van der Waals surface area contributed by atoms with Gasteiger partial charge in [-0.2, -0.15) is 0 Å². The molecule has 106 valence electrons. The van der Waals surface area contributed by atoms with E-state index in [4.69, 9.17) is 4.74 Å². The smallest absolute Gasteiger partial charge is 0.434 e. The summed E-state index contributed by atoms with van der Waals surface area (Å²) in [5, 5.41) is 10.6. The van der Waals surface area contributed by atoms with E-state index >= 15 is 0 Å². The fourth-order valence-corrected chi connectivity index (χ4v) is 1.61. The molecule has 1 aromatic rings. The molecule has 0 atom stereocenters. The highest BCUT2D eigenvalue weighted by atomic mass is 16.6. The lowest BCUT2D eigenvalue weighted by Gasteiger charge is -2.18. The van der Waals surface area contributed by atoms with E-state index in [0.717, 1.165) is 6.42 Å². The summed E-state index contributed by atoms with van der Waals surface area (Å²) < 4.78 is 6.41. The number of hydrogen-bond donors (Lipinski definition) is 0. The lowest BCUT2D eigenvalue weighted by Crippen LogP contribution is -2.32. The number of rotatable bonds is 6. The molecule has 1 aromatic heterocycles. The molecule has 0 fully saturated rings. The van der Waals surface area contributed by atoms with Gasteiger partial charge < -0.3 is 19.8 Å². The highest BCUT2D eigenvalue weighted by Gasteiger charge is 2.19. The monoisotopic (exact) mass is 270 g/mol. The zero-order valence-electron chi connectivity index (χ0n) is 11.3. The molecule has 1 amide bonds. The molecule has 0 saturated heterocycles. The molecule has 0 spiro atoms. The molecule has 0 radical (unpaired) electrons. The highest BCUT2D eigenvalue weighted by molar-refractivity contribution is 5.67. The summed E-state index contributed by atoms with van der Waals surface area (Å²) in [5.74, 6) is -0.271. The minimum Gasteiger partial charge on any atom is -0.441 e. The van der Waals surface area contributed by atoms with Crippen LogP contribution in [0.4, 0.5) is 10.7 Å². The van der Waals surface area contributed by atoms with Crippen LogP contribution in [0.5, 0.6) is 0 Å². The average Bonchev–Trinajstić information content (AvgIpc) is 2.74. The molecule has 0 bridgehead atoms. The minimum atomic E-state index is -0.583. The molecule has 0 unspecified atom stereocenters. The molecule has 0 aliphatic carbocycles. The number of carbonyl (C=O) groups is 1. The van der Waals surface area contributed by atoms with Crippen LogP contribution in [-0.2, 0) is 18.4 Å². The van der Waals surface area contributed by atoms with Crippen molar-refractivity contribution in [2.24, 2.45) is 7.05 Å². The zero-order chi connectivity index (χ0) is 14.4. The summed E-state index contributed by atoms with van der Waals surface area (Å²) in [4.78, 5) is 27.0. The second-order valence-corrected chi connectivity index (χ2v) is 4.00. The van der Waals surface area contributed by atoms with E-state index in [9.17, 15) is 14.9 Å². The van der Waals surface area contributed by atoms with Crippen molar-refractivity contribution >= 4 is 12.0 Å². The van der Waals surface area contributed by atoms with Crippen molar-refractivity contribution in [1.29, 1.82) is 0 Å². The summed E-state index contributed by atoms with van der Waals surface area (Å²) in [6, 6.07) is 0. The fourth-order valence-electron chi connectivity index (χ4n) is 1.61. The van der Waals surface area contributed by atoms with Gasteiger partial charge in [0.15, 0.2) is 12.3 Å². The molecule has 0 N–H and O–H groups in total. The normalized spacial score (nSPS) is 10.3. The van der Waals surface area contributed by atoms with Gasteiger partial charge in [0.1, 0.15) is 6.20 Å². The fraction of sp³-hybridized carbons (Fsp3) is 0.636. The molecule has 1 heterocycles. The van der Waals surface area contributed by atoms with Crippen LogP contribution in [0.25, 0.3) is 0 Å². The molecule has 19 heavy (non-hydrogen) atoms. The van der Waals surface area contributed by atoms with E-state index < -0.39 is 11.0 Å². The number of amides is 1. The maximum Gasteiger partial charge on any atom is 0.434 e. The number of imidazole rings is 1. The maximum absolute atomic E-state index is 11.7. The van der Waals surface area contributed by atoms with Crippen LogP contribution < -0.4 is 0 Å². The van der Waals surface area contributed by atoms with Crippen molar-refractivity contribution in [3.8, 4) is 0 Å². The van der Waals surface area contributed by atoms with Crippen molar-refractivity contribution in [3.05, 3.63) is 22.0 Å². The van der Waals surface area contributed by atoms with Crippen molar-refractivity contribution in [1.82, 2.24) is 14.5 Å². The van der Waals surface area contributed by atoms with Crippen LogP contribution >= 0.6 is 0 Å². The SMILES string of the molecule is CCCN(CC)C(=O)OCc1cnc([N+](=O)[O-])n1C. The Morgan fingerprint density at radius 1 is 1.58 bits per heavy atom. The van der Waals surface area contributed by atoms with Crippen LogP contribution in [0.3, 0.4) is 0 Å². The Bertz CT molecular complexity index is 458. The first-order chi connectivity index (χ1) is 9.01. The number of aromatic nitrogens is 2. The second kappa shape index (κ2) is 6.72. The lowest BCUT2D eigenvalue weighted by molar-refractivity contribution is -0.396. The van der Waals surface area contributed by atoms with Crippen molar-refractivity contribution in [3.63, 3.8) is 0 Å². The van der Waals surface area contributed by atoms with Crippen LogP contribution in [0, 0.1) is 10.1 Å². The van der Waals surface area contributed by atoms with Gasteiger partial charge in [-0.3, -0.25) is 0 Å². The maximum atomic E-state index is 11.7. The number of nitrogens with zero attached hydrogens (tertiary/aromatic N) is 4. The van der Waals surface area contributed by atoms with Crippen LogP contribution in [0.1, 0.15) is 26.0 Å². The Hall–Kier alpha value is -2.12. The molecule has 0 aliphatic heterocycles. The zero-order valence-corrected chi connectivity index (χ0v) is 11.3. The molecule has 8 heteroatoms.